The SMILES string of the molecule is CC1(C)c2ccccc2-c2ccc(N(c3cccc(N(c4cccc5c4-c4ccccc4C5(C)C)c4cccc5oc6ccccc6c45)c3)c3cccc4oc5ccccc5c34)cc21. The molecule has 0 fully saturated rings. The minimum atomic E-state index is -0.176. The Bertz CT molecular complexity index is 3710. The summed E-state index contributed by atoms with van der Waals surface area (Å²) in [5, 5.41) is 4.34. The number of fused-ring (bicyclic) bond motifs is 12. The zero-order valence-electron chi connectivity index (χ0n) is 36.2. The summed E-state index contributed by atoms with van der Waals surface area (Å²) in [5.74, 6) is 0. The standard InChI is InChI=1S/C60H44N2O2/c1-59(2)46-24-10-6-20-42(46)56-47(59)25-14-26-49(56)62(51-28-16-32-55-58(51)44-22-8-12-30-53(44)64-55)38-18-13-17-37(35-38)61(50-27-15-31-54-57(50)43-21-7-11-29-52(43)63-54)39-33-34-41-40-19-5-9-23-45(40)60(3,4)48(41)36-39/h5-36H,1-4H3. The van der Waals surface area contributed by atoms with E-state index in [0.29, 0.717) is 0 Å². The van der Waals surface area contributed by atoms with Crippen molar-refractivity contribution in [2.45, 2.75) is 38.5 Å². The normalized spacial score (nSPS) is 14.2. The number of anilines is 6. The third-order valence-corrected chi connectivity index (χ3v) is 14.2. The number of hydrogen-bond acceptors (Lipinski definition) is 4. The van der Waals surface area contributed by atoms with Gasteiger partial charge in [0.1, 0.15) is 22.3 Å². The second-order valence-corrected chi connectivity index (χ2v) is 18.5. The minimum absolute atomic E-state index is 0.173. The lowest BCUT2D eigenvalue weighted by Gasteiger charge is -2.32. The Morgan fingerprint density at radius 1 is 0.328 bits per heavy atom. The van der Waals surface area contributed by atoms with E-state index in [0.717, 1.165) is 78.0 Å². The van der Waals surface area contributed by atoms with E-state index in [1.165, 1.54) is 44.5 Å². The van der Waals surface area contributed by atoms with Crippen molar-refractivity contribution in [1.29, 1.82) is 0 Å². The molecule has 2 aliphatic carbocycles. The van der Waals surface area contributed by atoms with E-state index in [9.17, 15) is 0 Å². The van der Waals surface area contributed by atoms with Crippen LogP contribution in [-0.2, 0) is 10.8 Å². The first-order valence-electron chi connectivity index (χ1n) is 22.3. The number of rotatable bonds is 6. The van der Waals surface area contributed by atoms with Gasteiger partial charge >= 0.3 is 0 Å². The van der Waals surface area contributed by atoms with E-state index in [4.69, 9.17) is 8.83 Å². The van der Waals surface area contributed by atoms with Crippen molar-refractivity contribution in [3.05, 3.63) is 216 Å². The zero-order chi connectivity index (χ0) is 42.9. The highest BCUT2D eigenvalue weighted by molar-refractivity contribution is 6.15. The molecule has 64 heavy (non-hydrogen) atoms. The van der Waals surface area contributed by atoms with Crippen LogP contribution in [-0.4, -0.2) is 0 Å². The second kappa shape index (κ2) is 13.3. The average molecular weight is 825 g/mol. The second-order valence-electron chi connectivity index (χ2n) is 18.5. The van der Waals surface area contributed by atoms with Gasteiger partial charge in [-0.1, -0.05) is 149 Å². The Balaban J connectivity index is 1.09. The van der Waals surface area contributed by atoms with Crippen molar-refractivity contribution >= 4 is 78.0 Å². The largest absolute Gasteiger partial charge is 0.456 e. The van der Waals surface area contributed by atoms with Gasteiger partial charge in [0.2, 0.25) is 0 Å². The molecule has 0 saturated carbocycles. The van der Waals surface area contributed by atoms with Gasteiger partial charge in [-0.25, -0.2) is 0 Å². The maximum atomic E-state index is 6.58. The molecule has 0 aliphatic heterocycles. The summed E-state index contributed by atoms with van der Waals surface area (Å²) in [7, 11) is 0. The molecule has 0 unspecified atom stereocenters. The monoisotopic (exact) mass is 824 g/mol. The van der Waals surface area contributed by atoms with Crippen LogP contribution >= 0.6 is 0 Å². The van der Waals surface area contributed by atoms with E-state index in [1.54, 1.807) is 0 Å². The number of benzene rings is 9. The lowest BCUT2D eigenvalue weighted by molar-refractivity contribution is 0.660. The number of nitrogens with zero attached hydrogens (tertiary/aromatic N) is 2. The van der Waals surface area contributed by atoms with Gasteiger partial charge in [-0.15, -0.1) is 0 Å². The Labute approximate surface area is 372 Å². The van der Waals surface area contributed by atoms with Crippen molar-refractivity contribution in [2.24, 2.45) is 0 Å². The first-order valence-corrected chi connectivity index (χ1v) is 22.3. The Hall–Kier alpha value is -7.82. The van der Waals surface area contributed by atoms with Crippen LogP contribution in [0.25, 0.3) is 66.1 Å². The van der Waals surface area contributed by atoms with Crippen molar-refractivity contribution in [1.82, 2.24) is 0 Å². The third kappa shape index (κ3) is 5.11. The molecular formula is C60H44N2O2. The Morgan fingerprint density at radius 3 is 1.47 bits per heavy atom. The lowest BCUT2D eigenvalue weighted by Crippen LogP contribution is -2.17. The van der Waals surface area contributed by atoms with Gasteiger partial charge in [0.05, 0.1) is 27.8 Å². The van der Waals surface area contributed by atoms with Crippen LogP contribution in [0, 0.1) is 0 Å². The summed E-state index contributed by atoms with van der Waals surface area (Å²) >= 11 is 0. The van der Waals surface area contributed by atoms with Crippen molar-refractivity contribution in [3.63, 3.8) is 0 Å². The summed E-state index contributed by atoms with van der Waals surface area (Å²) in [4.78, 5) is 4.91. The zero-order valence-corrected chi connectivity index (χ0v) is 36.2. The molecule has 4 nitrogen and oxygen atoms in total. The van der Waals surface area contributed by atoms with Gasteiger partial charge in [-0.2, -0.15) is 0 Å². The van der Waals surface area contributed by atoms with Crippen molar-refractivity contribution in [2.75, 3.05) is 9.80 Å². The maximum absolute atomic E-state index is 6.58. The van der Waals surface area contributed by atoms with Crippen LogP contribution in [0.3, 0.4) is 0 Å². The molecule has 2 aromatic heterocycles. The number of para-hydroxylation sites is 2. The molecule has 306 valence electrons. The van der Waals surface area contributed by atoms with Gasteiger partial charge in [0.25, 0.3) is 0 Å². The molecule has 13 rings (SSSR count). The quantitative estimate of drug-likeness (QED) is 0.167. The highest BCUT2D eigenvalue weighted by atomic mass is 16.3. The molecule has 0 amide bonds. The number of furan rings is 2. The first-order chi connectivity index (χ1) is 31.3. The van der Waals surface area contributed by atoms with Gasteiger partial charge < -0.3 is 18.6 Å². The van der Waals surface area contributed by atoms with Crippen LogP contribution in [0.2, 0.25) is 0 Å². The van der Waals surface area contributed by atoms with E-state index in [1.807, 2.05) is 12.1 Å². The average Bonchev–Trinajstić information content (AvgIpc) is 4.03. The fourth-order valence-electron chi connectivity index (χ4n) is 11.2. The van der Waals surface area contributed by atoms with Crippen LogP contribution in [0.15, 0.2) is 203 Å². The maximum Gasteiger partial charge on any atom is 0.137 e. The predicted molar refractivity (Wildman–Crippen MR) is 265 cm³/mol. The van der Waals surface area contributed by atoms with Crippen LogP contribution < -0.4 is 9.80 Å². The topological polar surface area (TPSA) is 32.8 Å². The van der Waals surface area contributed by atoms with Gasteiger partial charge in [0, 0.05) is 44.2 Å². The highest BCUT2D eigenvalue weighted by Gasteiger charge is 2.39. The molecule has 9 aromatic carbocycles. The molecule has 0 saturated heterocycles. The smallest absolute Gasteiger partial charge is 0.137 e. The van der Waals surface area contributed by atoms with Crippen LogP contribution in [0.5, 0.6) is 0 Å². The molecule has 0 radical (unpaired) electrons. The summed E-state index contributed by atoms with van der Waals surface area (Å²) in [5.41, 5.74) is 19.9. The molecule has 0 bridgehead atoms. The fraction of sp³-hybridized carbons (Fsp3) is 0.100. The van der Waals surface area contributed by atoms with E-state index in [-0.39, 0.29) is 10.8 Å². The number of hydrogen-bond donors (Lipinski definition) is 0. The van der Waals surface area contributed by atoms with Gasteiger partial charge in [-0.05, 0) is 112 Å². The molecule has 2 aliphatic rings. The molecule has 2 heterocycles. The van der Waals surface area contributed by atoms with Crippen LogP contribution in [0.4, 0.5) is 34.1 Å². The predicted octanol–water partition coefficient (Wildman–Crippen LogP) is 17.0. The first kappa shape index (κ1) is 36.8. The summed E-state index contributed by atoms with van der Waals surface area (Å²) < 4.78 is 13.1. The Kier molecular flexibility index (Phi) is 7.67. The summed E-state index contributed by atoms with van der Waals surface area (Å²) in [6.07, 6.45) is 0. The summed E-state index contributed by atoms with van der Waals surface area (Å²) in [6.45, 7) is 9.41. The van der Waals surface area contributed by atoms with E-state index in [2.05, 4.69) is 219 Å². The van der Waals surface area contributed by atoms with Crippen molar-refractivity contribution in [3.8, 4) is 22.3 Å². The molecule has 0 spiro atoms. The van der Waals surface area contributed by atoms with Gasteiger partial charge in [0.15, 0.2) is 0 Å². The van der Waals surface area contributed by atoms with Crippen LogP contribution in [0.1, 0.15) is 49.9 Å². The molecule has 4 heteroatoms. The minimum Gasteiger partial charge on any atom is -0.456 e. The Morgan fingerprint density at radius 2 is 0.781 bits per heavy atom. The third-order valence-electron chi connectivity index (χ3n) is 14.2. The molecule has 11 aromatic rings. The van der Waals surface area contributed by atoms with E-state index < -0.39 is 0 Å². The summed E-state index contributed by atoms with van der Waals surface area (Å²) in [6, 6.07) is 70.4. The lowest BCUT2D eigenvalue weighted by atomic mass is 9.82. The van der Waals surface area contributed by atoms with Crippen molar-refractivity contribution < 1.29 is 8.83 Å². The van der Waals surface area contributed by atoms with E-state index >= 15 is 0 Å². The highest BCUT2D eigenvalue weighted by Crippen LogP contribution is 2.56. The molecule has 0 atom stereocenters. The van der Waals surface area contributed by atoms with Gasteiger partial charge in [-0.3, -0.25) is 0 Å². The fourth-order valence-corrected chi connectivity index (χ4v) is 11.2. The molecular weight excluding hydrogens is 781 g/mol. The molecule has 0 N–H and O–H groups in total.